The van der Waals surface area contributed by atoms with Crippen LogP contribution in [-0.4, -0.2) is 32.1 Å². The van der Waals surface area contributed by atoms with E-state index in [-0.39, 0.29) is 11.3 Å². The smallest absolute Gasteiger partial charge is 0.265 e. The standard InChI is InChI=1S/C19H18N4OS/c1-22-10-14(8-21-22)17-20-9-16(25-17)18(24)23-11-13-4-2-3-5-15(13)19(12-23)6-7-19/h2-5,8-10H,6-7,11-12H2,1H3. The second-order valence-electron chi connectivity index (χ2n) is 7.03. The van der Waals surface area contributed by atoms with Crippen molar-refractivity contribution in [2.24, 2.45) is 7.05 Å². The van der Waals surface area contributed by atoms with Gasteiger partial charge in [0.15, 0.2) is 0 Å². The largest absolute Gasteiger partial charge is 0.333 e. The van der Waals surface area contributed by atoms with E-state index < -0.39 is 0 Å². The first-order valence-electron chi connectivity index (χ1n) is 8.47. The zero-order chi connectivity index (χ0) is 17.0. The van der Waals surface area contributed by atoms with Gasteiger partial charge in [0.2, 0.25) is 0 Å². The molecule has 5 nitrogen and oxygen atoms in total. The van der Waals surface area contributed by atoms with Gasteiger partial charge < -0.3 is 4.90 Å². The van der Waals surface area contributed by atoms with Crippen LogP contribution in [0.2, 0.25) is 0 Å². The normalized spacial score (nSPS) is 17.6. The number of aromatic nitrogens is 3. The summed E-state index contributed by atoms with van der Waals surface area (Å²) in [5.74, 6) is 0.0911. The van der Waals surface area contributed by atoms with Crippen molar-refractivity contribution in [2.45, 2.75) is 24.8 Å². The maximum atomic E-state index is 13.1. The van der Waals surface area contributed by atoms with Crippen LogP contribution in [0.25, 0.3) is 10.6 Å². The summed E-state index contributed by atoms with van der Waals surface area (Å²) >= 11 is 1.45. The molecule has 1 saturated carbocycles. The maximum Gasteiger partial charge on any atom is 0.265 e. The number of fused-ring (bicyclic) bond motifs is 2. The van der Waals surface area contributed by atoms with Crippen LogP contribution in [0.1, 0.15) is 33.6 Å². The van der Waals surface area contributed by atoms with Crippen molar-refractivity contribution in [1.82, 2.24) is 19.7 Å². The zero-order valence-electron chi connectivity index (χ0n) is 14.0. The molecule has 0 bridgehead atoms. The third-order valence-corrected chi connectivity index (χ3v) is 6.29. The lowest BCUT2D eigenvalue weighted by molar-refractivity contribution is 0.0714. The van der Waals surface area contributed by atoms with Crippen molar-refractivity contribution in [3.8, 4) is 10.6 Å². The molecule has 126 valence electrons. The molecule has 1 aliphatic carbocycles. The Labute approximate surface area is 149 Å². The molecule has 1 spiro atoms. The molecular formula is C19H18N4OS. The number of carbonyl (C=O) groups is 1. The molecule has 1 amide bonds. The van der Waals surface area contributed by atoms with Crippen molar-refractivity contribution in [2.75, 3.05) is 6.54 Å². The Hall–Kier alpha value is -2.47. The van der Waals surface area contributed by atoms with Crippen molar-refractivity contribution in [3.05, 3.63) is 58.9 Å². The monoisotopic (exact) mass is 350 g/mol. The Morgan fingerprint density at radius 3 is 2.84 bits per heavy atom. The summed E-state index contributed by atoms with van der Waals surface area (Å²) in [6, 6.07) is 8.57. The van der Waals surface area contributed by atoms with Crippen molar-refractivity contribution < 1.29 is 4.79 Å². The van der Waals surface area contributed by atoms with Gasteiger partial charge in [0, 0.05) is 37.3 Å². The molecule has 1 fully saturated rings. The molecule has 5 rings (SSSR count). The Bertz CT molecular complexity index is 969. The molecular weight excluding hydrogens is 332 g/mol. The molecule has 2 aromatic heterocycles. The van der Waals surface area contributed by atoms with E-state index in [9.17, 15) is 4.79 Å². The summed E-state index contributed by atoms with van der Waals surface area (Å²) in [6.45, 7) is 1.51. The highest BCUT2D eigenvalue weighted by Crippen LogP contribution is 2.52. The van der Waals surface area contributed by atoms with Gasteiger partial charge in [0.05, 0.1) is 12.4 Å². The first-order chi connectivity index (χ1) is 12.1. The van der Waals surface area contributed by atoms with Gasteiger partial charge in [-0.05, 0) is 24.0 Å². The first kappa shape index (κ1) is 14.8. The van der Waals surface area contributed by atoms with Crippen molar-refractivity contribution in [1.29, 1.82) is 0 Å². The van der Waals surface area contributed by atoms with Gasteiger partial charge in [-0.25, -0.2) is 4.98 Å². The number of benzene rings is 1. The van der Waals surface area contributed by atoms with E-state index in [0.29, 0.717) is 11.4 Å². The quantitative estimate of drug-likeness (QED) is 0.713. The summed E-state index contributed by atoms with van der Waals surface area (Å²) in [4.78, 5) is 20.2. The summed E-state index contributed by atoms with van der Waals surface area (Å²) in [6.07, 6.45) is 7.76. The predicted molar refractivity (Wildman–Crippen MR) is 96.4 cm³/mol. The fraction of sp³-hybridized carbons (Fsp3) is 0.316. The van der Waals surface area contributed by atoms with E-state index in [1.165, 1.54) is 35.3 Å². The Balaban J connectivity index is 1.43. The third-order valence-electron chi connectivity index (χ3n) is 5.25. The summed E-state index contributed by atoms with van der Waals surface area (Å²) < 4.78 is 1.75. The van der Waals surface area contributed by atoms with Crippen LogP contribution in [-0.2, 0) is 19.0 Å². The number of thiazole rings is 1. The Kier molecular flexibility index (Phi) is 3.12. The van der Waals surface area contributed by atoms with Gasteiger partial charge >= 0.3 is 0 Å². The van der Waals surface area contributed by atoms with Crippen LogP contribution >= 0.6 is 11.3 Å². The van der Waals surface area contributed by atoms with Gasteiger partial charge in [-0.2, -0.15) is 5.10 Å². The second-order valence-corrected chi connectivity index (χ2v) is 8.06. The fourth-order valence-corrected chi connectivity index (χ4v) is 4.66. The van der Waals surface area contributed by atoms with E-state index >= 15 is 0 Å². The molecule has 6 heteroatoms. The molecule has 0 atom stereocenters. The molecule has 0 N–H and O–H groups in total. The minimum Gasteiger partial charge on any atom is -0.333 e. The first-order valence-corrected chi connectivity index (χ1v) is 9.29. The zero-order valence-corrected chi connectivity index (χ0v) is 14.8. The van der Waals surface area contributed by atoms with E-state index in [1.807, 2.05) is 18.1 Å². The molecule has 1 aliphatic heterocycles. The Morgan fingerprint density at radius 2 is 2.08 bits per heavy atom. The molecule has 25 heavy (non-hydrogen) atoms. The SMILES string of the molecule is Cn1cc(-c2ncc(C(=O)N3Cc4ccccc4C4(CC4)C3)s2)cn1. The average molecular weight is 350 g/mol. The molecule has 1 aromatic carbocycles. The van der Waals surface area contributed by atoms with E-state index in [4.69, 9.17) is 0 Å². The number of aryl methyl sites for hydroxylation is 1. The molecule has 0 unspecified atom stereocenters. The van der Waals surface area contributed by atoms with Gasteiger partial charge in [-0.1, -0.05) is 24.3 Å². The van der Waals surface area contributed by atoms with Crippen LogP contribution in [0, 0.1) is 0 Å². The van der Waals surface area contributed by atoms with Crippen LogP contribution in [0.5, 0.6) is 0 Å². The van der Waals surface area contributed by atoms with Crippen LogP contribution in [0.15, 0.2) is 42.9 Å². The van der Waals surface area contributed by atoms with Crippen LogP contribution in [0.4, 0.5) is 0 Å². The maximum absolute atomic E-state index is 13.1. The molecule has 2 aliphatic rings. The summed E-state index contributed by atoms with van der Waals surface area (Å²) in [5, 5.41) is 5.02. The van der Waals surface area contributed by atoms with Gasteiger partial charge in [0.1, 0.15) is 9.88 Å². The average Bonchev–Trinajstić information content (AvgIpc) is 3.04. The van der Waals surface area contributed by atoms with Gasteiger partial charge in [-0.15, -0.1) is 11.3 Å². The molecule has 3 aromatic rings. The summed E-state index contributed by atoms with van der Waals surface area (Å²) in [5.41, 5.74) is 3.88. The fourth-order valence-electron chi connectivity index (χ4n) is 3.80. The number of hydrogen-bond acceptors (Lipinski definition) is 4. The van der Waals surface area contributed by atoms with E-state index in [1.54, 1.807) is 17.1 Å². The third kappa shape index (κ3) is 2.40. The highest BCUT2D eigenvalue weighted by Gasteiger charge is 2.49. The van der Waals surface area contributed by atoms with E-state index in [2.05, 4.69) is 34.3 Å². The highest BCUT2D eigenvalue weighted by molar-refractivity contribution is 7.16. The molecule has 0 radical (unpaired) electrons. The topological polar surface area (TPSA) is 51.0 Å². The lowest BCUT2D eigenvalue weighted by Gasteiger charge is -2.34. The highest BCUT2D eigenvalue weighted by atomic mass is 32.1. The molecule has 0 saturated heterocycles. The number of hydrogen-bond donors (Lipinski definition) is 0. The molecule has 3 heterocycles. The summed E-state index contributed by atoms with van der Waals surface area (Å²) in [7, 11) is 1.88. The number of amides is 1. The van der Waals surface area contributed by atoms with Gasteiger partial charge in [-0.3, -0.25) is 9.48 Å². The van der Waals surface area contributed by atoms with E-state index in [0.717, 1.165) is 17.1 Å². The number of nitrogens with zero attached hydrogens (tertiary/aromatic N) is 4. The van der Waals surface area contributed by atoms with Crippen LogP contribution < -0.4 is 0 Å². The number of carbonyl (C=O) groups excluding carboxylic acids is 1. The minimum atomic E-state index is 0.0911. The predicted octanol–water partition coefficient (Wildman–Crippen LogP) is 3.23. The minimum absolute atomic E-state index is 0.0911. The van der Waals surface area contributed by atoms with Gasteiger partial charge in [0.25, 0.3) is 5.91 Å². The second kappa shape index (κ2) is 5.26. The Morgan fingerprint density at radius 1 is 1.24 bits per heavy atom. The lowest BCUT2D eigenvalue weighted by atomic mass is 9.87. The lowest BCUT2D eigenvalue weighted by Crippen LogP contribution is -2.41. The van der Waals surface area contributed by atoms with Crippen molar-refractivity contribution >= 4 is 17.2 Å². The van der Waals surface area contributed by atoms with Crippen molar-refractivity contribution in [3.63, 3.8) is 0 Å². The van der Waals surface area contributed by atoms with Crippen LogP contribution in [0.3, 0.4) is 0 Å². The number of rotatable bonds is 2.